The summed E-state index contributed by atoms with van der Waals surface area (Å²) in [4.78, 5) is 24.8. The van der Waals surface area contributed by atoms with Gasteiger partial charge in [-0.1, -0.05) is 24.3 Å². The zero-order chi connectivity index (χ0) is 19.4. The first kappa shape index (κ1) is 18.3. The fraction of sp³-hybridized carbons (Fsp3) is 0.0476. The van der Waals surface area contributed by atoms with Gasteiger partial charge in [0.25, 0.3) is 11.8 Å². The Morgan fingerprint density at radius 2 is 1.37 bits per heavy atom. The Morgan fingerprint density at radius 1 is 0.741 bits per heavy atom. The van der Waals surface area contributed by atoms with Crippen molar-refractivity contribution in [3.8, 4) is 0 Å². The van der Waals surface area contributed by atoms with Crippen LogP contribution in [0.25, 0.3) is 0 Å². The molecule has 0 aromatic heterocycles. The van der Waals surface area contributed by atoms with E-state index < -0.39 is 17.5 Å². The van der Waals surface area contributed by atoms with Crippen LogP contribution in [0.15, 0.2) is 66.7 Å². The molecule has 0 aliphatic rings. The van der Waals surface area contributed by atoms with Crippen LogP contribution < -0.4 is 10.6 Å². The van der Waals surface area contributed by atoms with Crippen molar-refractivity contribution in [2.75, 3.05) is 10.6 Å². The summed E-state index contributed by atoms with van der Waals surface area (Å²) in [6.07, 6.45) is 0. The SMILES string of the molecule is Cc1ccccc1NC(=O)c1cccc(C(=O)Nc2ccc(F)cc2F)c1. The summed E-state index contributed by atoms with van der Waals surface area (Å²) in [7, 11) is 0. The summed E-state index contributed by atoms with van der Waals surface area (Å²) in [5, 5.41) is 5.15. The van der Waals surface area contributed by atoms with Crippen LogP contribution in [0.4, 0.5) is 20.2 Å². The molecule has 0 radical (unpaired) electrons. The van der Waals surface area contributed by atoms with Gasteiger partial charge in [-0.2, -0.15) is 0 Å². The molecule has 0 bridgehead atoms. The van der Waals surface area contributed by atoms with Gasteiger partial charge in [-0.3, -0.25) is 9.59 Å². The fourth-order valence-electron chi connectivity index (χ4n) is 2.49. The zero-order valence-electron chi connectivity index (χ0n) is 14.4. The summed E-state index contributed by atoms with van der Waals surface area (Å²) < 4.78 is 26.7. The molecular formula is C21H16F2N2O2. The van der Waals surface area contributed by atoms with Crippen molar-refractivity contribution >= 4 is 23.2 Å². The lowest BCUT2D eigenvalue weighted by Gasteiger charge is -2.10. The van der Waals surface area contributed by atoms with E-state index in [-0.39, 0.29) is 22.7 Å². The molecule has 6 heteroatoms. The second kappa shape index (κ2) is 7.78. The lowest BCUT2D eigenvalue weighted by Crippen LogP contribution is -2.16. The van der Waals surface area contributed by atoms with E-state index in [4.69, 9.17) is 0 Å². The van der Waals surface area contributed by atoms with Crippen molar-refractivity contribution in [3.05, 3.63) is 95.1 Å². The highest BCUT2D eigenvalue weighted by molar-refractivity contribution is 6.08. The van der Waals surface area contributed by atoms with E-state index in [0.29, 0.717) is 11.8 Å². The Labute approximate surface area is 154 Å². The predicted octanol–water partition coefficient (Wildman–Crippen LogP) is 4.78. The van der Waals surface area contributed by atoms with Crippen LogP contribution in [0, 0.1) is 18.6 Å². The summed E-state index contributed by atoms with van der Waals surface area (Å²) >= 11 is 0. The molecule has 0 fully saturated rings. The van der Waals surface area contributed by atoms with Gasteiger partial charge >= 0.3 is 0 Å². The molecule has 0 spiro atoms. The Bertz CT molecular complexity index is 1020. The highest BCUT2D eigenvalue weighted by Gasteiger charge is 2.13. The number of carbonyl (C=O) groups is 2. The van der Waals surface area contributed by atoms with E-state index >= 15 is 0 Å². The van der Waals surface area contributed by atoms with Gasteiger partial charge in [-0.05, 0) is 48.9 Å². The topological polar surface area (TPSA) is 58.2 Å². The molecule has 4 nitrogen and oxygen atoms in total. The van der Waals surface area contributed by atoms with Crippen molar-refractivity contribution in [2.24, 2.45) is 0 Å². The number of anilines is 2. The van der Waals surface area contributed by atoms with Crippen LogP contribution in [0.3, 0.4) is 0 Å². The Morgan fingerprint density at radius 3 is 2.00 bits per heavy atom. The summed E-state index contributed by atoms with van der Waals surface area (Å²) in [6, 6.07) is 16.2. The van der Waals surface area contributed by atoms with E-state index in [1.807, 2.05) is 25.1 Å². The quantitative estimate of drug-likeness (QED) is 0.698. The molecule has 0 saturated heterocycles. The van der Waals surface area contributed by atoms with Crippen LogP contribution in [0.5, 0.6) is 0 Å². The lowest BCUT2D eigenvalue weighted by atomic mass is 10.1. The zero-order valence-corrected chi connectivity index (χ0v) is 14.4. The first-order chi connectivity index (χ1) is 12.9. The minimum absolute atomic E-state index is 0.142. The first-order valence-corrected chi connectivity index (χ1v) is 8.17. The molecule has 0 unspecified atom stereocenters. The normalized spacial score (nSPS) is 10.3. The van der Waals surface area contributed by atoms with Gasteiger partial charge < -0.3 is 10.6 Å². The van der Waals surface area contributed by atoms with Gasteiger partial charge in [0.05, 0.1) is 5.69 Å². The number of aryl methyl sites for hydroxylation is 1. The molecule has 2 amide bonds. The Hall–Kier alpha value is -3.54. The van der Waals surface area contributed by atoms with E-state index in [0.717, 1.165) is 17.7 Å². The standard InChI is InChI=1S/C21H16F2N2O2/c1-13-5-2-3-8-18(13)24-20(26)14-6-4-7-15(11-14)21(27)25-19-10-9-16(22)12-17(19)23/h2-12H,1H3,(H,24,26)(H,25,27). The third-order valence-corrected chi connectivity index (χ3v) is 3.96. The van der Waals surface area contributed by atoms with Crippen LogP contribution >= 0.6 is 0 Å². The molecule has 2 N–H and O–H groups in total. The number of hydrogen-bond acceptors (Lipinski definition) is 2. The number of rotatable bonds is 4. The van der Waals surface area contributed by atoms with Gasteiger partial charge in [0.2, 0.25) is 0 Å². The number of hydrogen-bond donors (Lipinski definition) is 2. The third kappa shape index (κ3) is 4.36. The average Bonchev–Trinajstić information content (AvgIpc) is 2.66. The Balaban J connectivity index is 1.77. The maximum Gasteiger partial charge on any atom is 0.255 e. The third-order valence-electron chi connectivity index (χ3n) is 3.96. The maximum atomic E-state index is 13.7. The van der Waals surface area contributed by atoms with Gasteiger partial charge in [-0.25, -0.2) is 8.78 Å². The molecule has 0 aliphatic heterocycles. The minimum Gasteiger partial charge on any atom is -0.322 e. The highest BCUT2D eigenvalue weighted by Crippen LogP contribution is 2.18. The van der Waals surface area contributed by atoms with Crippen molar-refractivity contribution in [1.29, 1.82) is 0 Å². The number of carbonyl (C=O) groups excluding carboxylic acids is 2. The number of benzene rings is 3. The van der Waals surface area contributed by atoms with Crippen LogP contribution in [-0.2, 0) is 0 Å². The molecular weight excluding hydrogens is 350 g/mol. The molecule has 3 aromatic carbocycles. The summed E-state index contributed by atoms with van der Waals surface area (Å²) in [6.45, 7) is 1.87. The second-order valence-corrected chi connectivity index (χ2v) is 5.93. The molecule has 0 atom stereocenters. The van der Waals surface area contributed by atoms with Crippen LogP contribution in [0.2, 0.25) is 0 Å². The predicted molar refractivity (Wildman–Crippen MR) is 99.9 cm³/mol. The maximum absolute atomic E-state index is 13.7. The molecule has 27 heavy (non-hydrogen) atoms. The van der Waals surface area contributed by atoms with Crippen LogP contribution in [-0.4, -0.2) is 11.8 Å². The largest absolute Gasteiger partial charge is 0.322 e. The smallest absolute Gasteiger partial charge is 0.255 e. The number of amides is 2. The van der Waals surface area contributed by atoms with Gasteiger partial charge in [0.1, 0.15) is 11.6 Å². The van der Waals surface area contributed by atoms with Crippen LogP contribution in [0.1, 0.15) is 26.3 Å². The molecule has 3 aromatic rings. The van der Waals surface area contributed by atoms with Crippen molar-refractivity contribution in [3.63, 3.8) is 0 Å². The highest BCUT2D eigenvalue weighted by atomic mass is 19.1. The second-order valence-electron chi connectivity index (χ2n) is 5.93. The molecule has 0 saturated carbocycles. The Kier molecular flexibility index (Phi) is 5.26. The average molecular weight is 366 g/mol. The number of halogens is 2. The van der Waals surface area contributed by atoms with E-state index in [9.17, 15) is 18.4 Å². The summed E-state index contributed by atoms with van der Waals surface area (Å²) in [5.74, 6) is -2.59. The molecule has 0 heterocycles. The van der Waals surface area contributed by atoms with Gasteiger partial charge in [0, 0.05) is 22.9 Å². The molecule has 136 valence electrons. The van der Waals surface area contributed by atoms with Crippen molar-refractivity contribution in [1.82, 2.24) is 0 Å². The number of nitrogens with one attached hydrogen (secondary N) is 2. The molecule has 0 aliphatic carbocycles. The minimum atomic E-state index is -0.878. The molecule has 3 rings (SSSR count). The fourth-order valence-corrected chi connectivity index (χ4v) is 2.49. The van der Waals surface area contributed by atoms with E-state index in [2.05, 4.69) is 10.6 Å². The summed E-state index contributed by atoms with van der Waals surface area (Å²) in [5.41, 5.74) is 1.90. The van der Waals surface area contributed by atoms with Gasteiger partial charge in [0.15, 0.2) is 0 Å². The number of para-hydroxylation sites is 1. The van der Waals surface area contributed by atoms with Gasteiger partial charge in [-0.15, -0.1) is 0 Å². The first-order valence-electron chi connectivity index (χ1n) is 8.17. The van der Waals surface area contributed by atoms with E-state index in [1.165, 1.54) is 12.1 Å². The monoisotopic (exact) mass is 366 g/mol. The van der Waals surface area contributed by atoms with Crippen molar-refractivity contribution in [2.45, 2.75) is 6.92 Å². The van der Waals surface area contributed by atoms with E-state index in [1.54, 1.807) is 18.2 Å². The van der Waals surface area contributed by atoms with Crippen molar-refractivity contribution < 1.29 is 18.4 Å². The lowest BCUT2D eigenvalue weighted by molar-refractivity contribution is 0.102.